The second-order valence-corrected chi connectivity index (χ2v) is 12.7. The Labute approximate surface area is 268 Å². The number of Topliss-reactive ketones (excluding diaryl/α,β-unsaturated/α-hetero) is 2. The summed E-state index contributed by atoms with van der Waals surface area (Å²) in [5.74, 6) is -7.57. The first-order valence-corrected chi connectivity index (χ1v) is 15.3. The zero-order valence-corrected chi connectivity index (χ0v) is 27.2. The molecule has 4 rings (SSSR count). The lowest BCUT2D eigenvalue weighted by molar-refractivity contribution is -0.116. The second-order valence-electron chi connectivity index (χ2n) is 12.7. The molecule has 46 heavy (non-hydrogen) atoms. The van der Waals surface area contributed by atoms with E-state index < -0.39 is 95.2 Å². The fourth-order valence-electron chi connectivity index (χ4n) is 6.04. The molecule has 11 nitrogen and oxygen atoms in total. The number of phenols is 1. The van der Waals surface area contributed by atoms with Crippen molar-refractivity contribution in [2.45, 2.75) is 72.9 Å². The van der Waals surface area contributed by atoms with Gasteiger partial charge >= 0.3 is 0 Å². The highest BCUT2D eigenvalue weighted by Crippen LogP contribution is 2.35. The number of carbonyl (C=O) groups is 4. The maximum atomic E-state index is 13.7. The molecule has 11 heteroatoms. The van der Waals surface area contributed by atoms with Crippen molar-refractivity contribution in [1.82, 2.24) is 5.32 Å². The highest BCUT2D eigenvalue weighted by Gasteiger charge is 2.39. The number of rotatable bonds is 1. The van der Waals surface area contributed by atoms with Gasteiger partial charge in [0.15, 0.2) is 11.6 Å². The molecule has 0 saturated heterocycles. The minimum absolute atomic E-state index is 0.0586. The number of aromatic hydroxyl groups is 1. The molecule has 0 radical (unpaired) electrons. The average Bonchev–Trinajstić information content (AvgIpc) is 3.03. The molecule has 0 fully saturated rings. The summed E-state index contributed by atoms with van der Waals surface area (Å²) >= 11 is 0. The van der Waals surface area contributed by atoms with Crippen LogP contribution in [0, 0.1) is 36.5 Å². The van der Waals surface area contributed by atoms with Gasteiger partial charge in [-0.25, -0.2) is 0 Å². The van der Waals surface area contributed by atoms with Crippen LogP contribution in [-0.2, 0) is 4.79 Å². The van der Waals surface area contributed by atoms with Gasteiger partial charge in [-0.2, -0.15) is 0 Å². The first kappa shape index (κ1) is 36.7. The fourth-order valence-corrected chi connectivity index (χ4v) is 6.04. The van der Waals surface area contributed by atoms with Crippen LogP contribution in [0.2, 0.25) is 0 Å². The SMILES string of the molecule is C/C1=C/C=C/[C@H](C)[C@H](O)[C@@H](C)[C@@H](O)[C@@H](C)[C@H](O)[C@H](C)[C@@H](O)C(CO)/C=C(/C)C(=O)c2c(O)c(C)cc3c2C(=O)C=C(NC1=O)C3=O. The van der Waals surface area contributed by atoms with Crippen molar-refractivity contribution in [2.24, 2.45) is 29.6 Å². The molecule has 1 aromatic rings. The number of aliphatic hydroxyl groups is 5. The van der Waals surface area contributed by atoms with E-state index in [2.05, 4.69) is 5.32 Å². The normalized spacial score (nSPS) is 35.0. The zero-order chi connectivity index (χ0) is 34.8. The molecule has 2 aliphatic heterocycles. The fraction of sp³-hybridized carbons (Fsp3) is 0.486. The number of benzene rings is 1. The molecule has 1 amide bonds. The molecule has 1 unspecified atom stereocenters. The Bertz CT molecular complexity index is 1520. The summed E-state index contributed by atoms with van der Waals surface area (Å²) in [6.45, 7) is 10.1. The number of allylic oxidation sites excluding steroid dienone is 5. The number of phenolic OH excluding ortho intramolecular Hbond substituents is 1. The maximum absolute atomic E-state index is 13.7. The third-order valence-electron chi connectivity index (χ3n) is 9.34. The molecule has 7 N–H and O–H groups in total. The average molecular weight is 640 g/mol. The van der Waals surface area contributed by atoms with E-state index in [9.17, 15) is 49.8 Å². The van der Waals surface area contributed by atoms with E-state index in [1.54, 1.807) is 32.9 Å². The standard InChI is InChI=1S/C35H45NO10/c1-15-9-8-10-16(2)35(46)36-24-13-25(38)26-23(34(24)45)12-18(4)30(41)27(26)29(40)17(3)11-22(14-37)33(44)21(7)32(43)20(6)31(42)19(5)28(15)39/h8-13,15,19-22,28,31-33,37,39,41-44H,14H2,1-7H3,(H,36,46)/b9-8+,16-10-,17-11-/t15-,19+,20+,21-,22?,28-,31+,32-,33+/m0/s1. The highest BCUT2D eigenvalue weighted by molar-refractivity contribution is 6.30. The van der Waals surface area contributed by atoms with Gasteiger partial charge in [-0.1, -0.05) is 52.0 Å². The molecule has 1 aliphatic carbocycles. The Balaban J connectivity index is 2.19. The van der Waals surface area contributed by atoms with E-state index >= 15 is 0 Å². The molecule has 0 saturated carbocycles. The quantitative estimate of drug-likeness (QED) is 0.239. The molecule has 0 aromatic heterocycles. The number of hydrogen-bond acceptors (Lipinski definition) is 10. The second kappa shape index (κ2) is 14.8. The number of nitrogens with one attached hydrogen (secondary N) is 1. The Hall–Kier alpha value is -3.74. The Morgan fingerprint density at radius 2 is 1.33 bits per heavy atom. The minimum Gasteiger partial charge on any atom is -0.507 e. The van der Waals surface area contributed by atoms with E-state index in [4.69, 9.17) is 0 Å². The van der Waals surface area contributed by atoms with Gasteiger partial charge in [0.2, 0.25) is 5.78 Å². The van der Waals surface area contributed by atoms with Crippen LogP contribution in [0.5, 0.6) is 5.75 Å². The topological polar surface area (TPSA) is 202 Å². The van der Waals surface area contributed by atoms with Crippen molar-refractivity contribution in [3.05, 3.63) is 75.5 Å². The predicted octanol–water partition coefficient (Wildman–Crippen LogP) is 2.32. The van der Waals surface area contributed by atoms with Crippen LogP contribution >= 0.6 is 0 Å². The van der Waals surface area contributed by atoms with Gasteiger partial charge in [0.25, 0.3) is 5.91 Å². The molecular formula is C35H45NO10. The van der Waals surface area contributed by atoms with Gasteiger partial charge in [0.1, 0.15) is 5.75 Å². The van der Waals surface area contributed by atoms with Crippen LogP contribution in [-0.4, -0.2) is 84.9 Å². The lowest BCUT2D eigenvalue weighted by atomic mass is 9.76. The smallest absolute Gasteiger partial charge is 0.251 e. The molecule has 4 bridgehead atoms. The first-order chi connectivity index (χ1) is 21.4. The van der Waals surface area contributed by atoms with Gasteiger partial charge in [0.05, 0.1) is 42.3 Å². The molecule has 3 aliphatic rings. The minimum atomic E-state index is -1.39. The molecular weight excluding hydrogens is 594 g/mol. The van der Waals surface area contributed by atoms with E-state index in [1.165, 1.54) is 45.9 Å². The monoisotopic (exact) mass is 639 g/mol. The lowest BCUT2D eigenvalue weighted by Crippen LogP contribution is -2.46. The van der Waals surface area contributed by atoms with Crippen LogP contribution in [0.1, 0.15) is 78.2 Å². The highest BCUT2D eigenvalue weighted by atomic mass is 16.3. The van der Waals surface area contributed by atoms with Gasteiger partial charge in [0, 0.05) is 52.4 Å². The third-order valence-corrected chi connectivity index (χ3v) is 9.34. The van der Waals surface area contributed by atoms with Crippen LogP contribution in [0.25, 0.3) is 0 Å². The maximum Gasteiger partial charge on any atom is 0.251 e. The predicted molar refractivity (Wildman–Crippen MR) is 170 cm³/mol. The van der Waals surface area contributed by atoms with Gasteiger partial charge in [-0.15, -0.1) is 0 Å². The lowest BCUT2D eigenvalue weighted by Gasteiger charge is -2.37. The largest absolute Gasteiger partial charge is 0.507 e. The summed E-state index contributed by atoms with van der Waals surface area (Å²) in [7, 11) is 0. The van der Waals surface area contributed by atoms with Crippen molar-refractivity contribution in [3.63, 3.8) is 0 Å². The Kier molecular flexibility index (Phi) is 11.8. The van der Waals surface area contributed by atoms with Crippen LogP contribution in [0.3, 0.4) is 0 Å². The van der Waals surface area contributed by atoms with E-state index in [-0.39, 0.29) is 33.5 Å². The van der Waals surface area contributed by atoms with Gasteiger partial charge < -0.3 is 36.0 Å². The van der Waals surface area contributed by atoms with Crippen molar-refractivity contribution >= 4 is 23.3 Å². The van der Waals surface area contributed by atoms with E-state index in [0.717, 1.165) is 6.08 Å². The summed E-state index contributed by atoms with van der Waals surface area (Å²) in [5, 5.41) is 67.8. The van der Waals surface area contributed by atoms with Crippen molar-refractivity contribution < 1.29 is 49.8 Å². The van der Waals surface area contributed by atoms with E-state index in [0.29, 0.717) is 0 Å². The molecule has 250 valence electrons. The number of amides is 1. The third kappa shape index (κ3) is 7.29. The summed E-state index contributed by atoms with van der Waals surface area (Å²) in [6.07, 6.45) is 1.87. The zero-order valence-electron chi connectivity index (χ0n) is 27.2. The first-order valence-electron chi connectivity index (χ1n) is 15.3. The van der Waals surface area contributed by atoms with Crippen LogP contribution in [0.4, 0.5) is 0 Å². The number of aryl methyl sites for hydroxylation is 1. The van der Waals surface area contributed by atoms with Crippen molar-refractivity contribution in [1.29, 1.82) is 0 Å². The summed E-state index contributed by atoms with van der Waals surface area (Å²) in [5.41, 5.74) is -1.02. The Morgan fingerprint density at radius 1 is 0.761 bits per heavy atom. The molecule has 1 aromatic carbocycles. The number of carbonyl (C=O) groups excluding carboxylic acids is 4. The summed E-state index contributed by atoms with van der Waals surface area (Å²) in [6, 6.07) is 1.26. The van der Waals surface area contributed by atoms with Crippen LogP contribution < -0.4 is 5.32 Å². The number of fused-ring (bicyclic) bond motifs is 15. The summed E-state index contributed by atoms with van der Waals surface area (Å²) in [4.78, 5) is 53.5. The van der Waals surface area contributed by atoms with Crippen molar-refractivity contribution in [3.8, 4) is 5.75 Å². The van der Waals surface area contributed by atoms with Gasteiger partial charge in [-0.05, 0) is 38.0 Å². The molecule has 2 heterocycles. The summed E-state index contributed by atoms with van der Waals surface area (Å²) < 4.78 is 0. The number of aliphatic hydroxyl groups excluding tert-OH is 5. The van der Waals surface area contributed by atoms with Gasteiger partial charge in [-0.3, -0.25) is 19.2 Å². The number of ketones is 3. The molecule has 0 spiro atoms. The molecule has 9 atom stereocenters. The van der Waals surface area contributed by atoms with E-state index in [1.807, 2.05) is 0 Å². The van der Waals surface area contributed by atoms with Crippen molar-refractivity contribution in [2.75, 3.05) is 6.61 Å². The van der Waals surface area contributed by atoms with Crippen LogP contribution in [0.15, 0.2) is 53.3 Å². The Morgan fingerprint density at radius 3 is 1.91 bits per heavy atom. The number of hydrogen-bond donors (Lipinski definition) is 7.